The molecule has 0 spiro atoms. The molecule has 1 aliphatic rings. The molecule has 0 bridgehead atoms. The third-order valence-corrected chi connectivity index (χ3v) is 4.32. The summed E-state index contributed by atoms with van der Waals surface area (Å²) in [7, 11) is 0. The van der Waals surface area contributed by atoms with Crippen LogP contribution in [0.1, 0.15) is 40.5 Å². The number of hydrogen-bond acceptors (Lipinski definition) is 4. The summed E-state index contributed by atoms with van der Waals surface area (Å²) in [4.78, 5) is 17.0. The van der Waals surface area contributed by atoms with E-state index in [0.717, 1.165) is 45.7 Å². The third kappa shape index (κ3) is 9.72. The standard InChI is InChI=1S/C16H34N4O.2ClH/c1-5-19-8-10-20(11-9-19)7-6-15(21)18-16(4,13-17)12-14(2)3;;/h14H,5-13,17H2,1-4H3,(H,18,21);2*1H. The first-order valence-electron chi connectivity index (χ1n) is 8.34. The summed E-state index contributed by atoms with van der Waals surface area (Å²) in [5.74, 6) is 0.655. The zero-order valence-corrected chi connectivity index (χ0v) is 16.8. The fourth-order valence-electron chi connectivity index (χ4n) is 3.07. The Kier molecular flexibility index (Phi) is 13.5. The number of amides is 1. The second kappa shape index (κ2) is 12.3. The highest BCUT2D eigenvalue weighted by atomic mass is 35.5. The SMILES string of the molecule is CCN1CCN(CCC(=O)NC(C)(CN)CC(C)C)CC1.Cl.Cl. The van der Waals surface area contributed by atoms with Gasteiger partial charge in [-0.1, -0.05) is 20.8 Å². The summed E-state index contributed by atoms with van der Waals surface area (Å²) < 4.78 is 0. The second-order valence-electron chi connectivity index (χ2n) is 6.94. The van der Waals surface area contributed by atoms with Crippen molar-refractivity contribution in [2.45, 2.75) is 46.1 Å². The highest BCUT2D eigenvalue weighted by Gasteiger charge is 2.26. The molecule has 3 N–H and O–H groups in total. The molecule has 0 aromatic rings. The van der Waals surface area contributed by atoms with Crippen LogP contribution in [-0.2, 0) is 4.79 Å². The summed E-state index contributed by atoms with van der Waals surface area (Å²) in [5.41, 5.74) is 5.57. The van der Waals surface area contributed by atoms with E-state index >= 15 is 0 Å². The van der Waals surface area contributed by atoms with Crippen LogP contribution < -0.4 is 11.1 Å². The average Bonchev–Trinajstić information content (AvgIpc) is 2.44. The largest absolute Gasteiger partial charge is 0.350 e. The van der Waals surface area contributed by atoms with Gasteiger partial charge in [0.05, 0.1) is 0 Å². The van der Waals surface area contributed by atoms with Crippen molar-refractivity contribution in [2.24, 2.45) is 11.7 Å². The van der Waals surface area contributed by atoms with Gasteiger partial charge < -0.3 is 20.9 Å². The summed E-state index contributed by atoms with van der Waals surface area (Å²) in [6.45, 7) is 15.4. The summed E-state index contributed by atoms with van der Waals surface area (Å²) in [6.07, 6.45) is 1.49. The smallest absolute Gasteiger partial charge is 0.221 e. The van der Waals surface area contributed by atoms with Crippen LogP contribution in [0.2, 0.25) is 0 Å². The van der Waals surface area contributed by atoms with E-state index in [1.165, 1.54) is 0 Å². The van der Waals surface area contributed by atoms with Crippen LogP contribution in [0.3, 0.4) is 0 Å². The first-order chi connectivity index (χ1) is 9.88. The van der Waals surface area contributed by atoms with Crippen molar-refractivity contribution in [3.63, 3.8) is 0 Å². The van der Waals surface area contributed by atoms with Crippen molar-refractivity contribution in [3.8, 4) is 0 Å². The predicted molar refractivity (Wildman–Crippen MR) is 103 cm³/mol. The van der Waals surface area contributed by atoms with Crippen LogP contribution in [-0.4, -0.2) is 67.1 Å². The number of nitrogens with two attached hydrogens (primary N) is 1. The molecule has 1 atom stereocenters. The summed E-state index contributed by atoms with van der Waals surface area (Å²) in [5, 5.41) is 3.13. The van der Waals surface area contributed by atoms with E-state index in [9.17, 15) is 4.79 Å². The van der Waals surface area contributed by atoms with E-state index in [4.69, 9.17) is 5.73 Å². The van der Waals surface area contributed by atoms with Crippen LogP contribution in [0.15, 0.2) is 0 Å². The number of nitrogens with zero attached hydrogens (tertiary/aromatic N) is 2. The van der Waals surface area contributed by atoms with Crippen molar-refractivity contribution < 1.29 is 4.79 Å². The lowest BCUT2D eigenvalue weighted by molar-refractivity contribution is -0.123. The summed E-state index contributed by atoms with van der Waals surface area (Å²) >= 11 is 0. The van der Waals surface area contributed by atoms with Crippen molar-refractivity contribution in [2.75, 3.05) is 45.8 Å². The van der Waals surface area contributed by atoms with E-state index in [2.05, 4.69) is 35.9 Å². The Morgan fingerprint density at radius 1 is 1.17 bits per heavy atom. The monoisotopic (exact) mass is 370 g/mol. The van der Waals surface area contributed by atoms with Gasteiger partial charge in [0.1, 0.15) is 0 Å². The molecule has 1 heterocycles. The Hall–Kier alpha value is -0.0700. The number of piperazine rings is 1. The lowest BCUT2D eigenvalue weighted by Gasteiger charge is -2.34. The Balaban J connectivity index is 0. The van der Waals surface area contributed by atoms with Gasteiger partial charge in [-0.3, -0.25) is 4.79 Å². The fourth-order valence-corrected chi connectivity index (χ4v) is 3.07. The lowest BCUT2D eigenvalue weighted by Crippen LogP contribution is -2.53. The van der Waals surface area contributed by atoms with Crippen molar-refractivity contribution in [3.05, 3.63) is 0 Å². The van der Waals surface area contributed by atoms with Crippen molar-refractivity contribution in [1.29, 1.82) is 0 Å². The number of carbonyl (C=O) groups excluding carboxylic acids is 1. The Bertz CT molecular complexity index is 323. The highest BCUT2D eigenvalue weighted by Crippen LogP contribution is 2.15. The van der Waals surface area contributed by atoms with Crippen molar-refractivity contribution in [1.82, 2.24) is 15.1 Å². The molecule has 140 valence electrons. The molecule has 1 unspecified atom stereocenters. The molecule has 0 aliphatic carbocycles. The zero-order valence-electron chi connectivity index (χ0n) is 15.1. The van der Waals surface area contributed by atoms with Gasteiger partial charge in [-0.25, -0.2) is 0 Å². The first-order valence-corrected chi connectivity index (χ1v) is 8.34. The molecule has 0 saturated carbocycles. The first kappa shape index (κ1) is 25.2. The molecule has 5 nitrogen and oxygen atoms in total. The predicted octanol–water partition coefficient (Wildman–Crippen LogP) is 1.74. The Morgan fingerprint density at radius 2 is 1.70 bits per heavy atom. The van der Waals surface area contributed by atoms with Crippen LogP contribution in [0.4, 0.5) is 0 Å². The quantitative estimate of drug-likeness (QED) is 0.682. The highest BCUT2D eigenvalue weighted by molar-refractivity contribution is 5.85. The Morgan fingerprint density at radius 3 is 2.13 bits per heavy atom. The van der Waals surface area contributed by atoms with Crippen LogP contribution >= 0.6 is 24.8 Å². The topological polar surface area (TPSA) is 61.6 Å². The maximum atomic E-state index is 12.2. The number of halogens is 2. The number of hydrogen-bond donors (Lipinski definition) is 2. The Labute approximate surface area is 154 Å². The molecule has 1 rings (SSSR count). The molecular weight excluding hydrogens is 335 g/mol. The molecular formula is C16H36Cl2N4O. The molecule has 1 aliphatic heterocycles. The van der Waals surface area contributed by atoms with Crippen LogP contribution in [0, 0.1) is 5.92 Å². The molecule has 1 saturated heterocycles. The van der Waals surface area contributed by atoms with E-state index in [0.29, 0.717) is 18.9 Å². The number of nitrogens with one attached hydrogen (secondary N) is 1. The van der Waals surface area contributed by atoms with Crippen LogP contribution in [0.25, 0.3) is 0 Å². The number of carbonyl (C=O) groups is 1. The fraction of sp³-hybridized carbons (Fsp3) is 0.938. The van der Waals surface area contributed by atoms with E-state index in [-0.39, 0.29) is 36.3 Å². The lowest BCUT2D eigenvalue weighted by atomic mass is 9.90. The average molecular weight is 371 g/mol. The van der Waals surface area contributed by atoms with Gasteiger partial charge in [0.15, 0.2) is 0 Å². The minimum Gasteiger partial charge on any atom is -0.350 e. The molecule has 0 aromatic carbocycles. The van der Waals surface area contributed by atoms with Crippen LogP contribution in [0.5, 0.6) is 0 Å². The van der Waals surface area contributed by atoms with E-state index in [1.807, 2.05) is 6.92 Å². The van der Waals surface area contributed by atoms with Gasteiger partial charge in [0, 0.05) is 51.2 Å². The molecule has 1 fully saturated rings. The minimum atomic E-state index is -0.272. The number of rotatable bonds is 8. The van der Waals surface area contributed by atoms with Gasteiger partial charge in [-0.2, -0.15) is 0 Å². The van der Waals surface area contributed by atoms with Gasteiger partial charge in [-0.05, 0) is 25.8 Å². The molecule has 0 aromatic heterocycles. The van der Waals surface area contributed by atoms with Gasteiger partial charge in [0.25, 0.3) is 0 Å². The van der Waals surface area contributed by atoms with Gasteiger partial charge >= 0.3 is 0 Å². The molecule has 0 radical (unpaired) electrons. The van der Waals surface area contributed by atoms with Crippen molar-refractivity contribution >= 4 is 30.7 Å². The molecule has 1 amide bonds. The minimum absolute atomic E-state index is 0. The van der Waals surface area contributed by atoms with E-state index < -0.39 is 0 Å². The maximum Gasteiger partial charge on any atom is 0.221 e. The molecule has 23 heavy (non-hydrogen) atoms. The van der Waals surface area contributed by atoms with E-state index in [1.54, 1.807) is 0 Å². The maximum absolute atomic E-state index is 12.2. The normalized spacial score (nSPS) is 18.7. The number of likely N-dealkylation sites (N-methyl/N-ethyl adjacent to an activating group) is 1. The van der Waals surface area contributed by atoms with Gasteiger partial charge in [-0.15, -0.1) is 24.8 Å². The van der Waals surface area contributed by atoms with Gasteiger partial charge in [0.2, 0.25) is 5.91 Å². The third-order valence-electron chi connectivity index (χ3n) is 4.32. The zero-order chi connectivity index (χ0) is 15.9. The second-order valence-corrected chi connectivity index (χ2v) is 6.94. The summed E-state index contributed by atoms with van der Waals surface area (Å²) in [6, 6.07) is 0. The molecule has 7 heteroatoms.